The predicted molar refractivity (Wildman–Crippen MR) is 106 cm³/mol. The highest BCUT2D eigenvalue weighted by Gasteiger charge is 2.21. The molecule has 142 valence electrons. The van der Waals surface area contributed by atoms with Gasteiger partial charge in [0.1, 0.15) is 17.7 Å². The number of piperazine rings is 1. The molecule has 0 unspecified atom stereocenters. The first-order chi connectivity index (χ1) is 13.7. The second-order valence-corrected chi connectivity index (χ2v) is 6.96. The molecule has 1 aliphatic rings. The van der Waals surface area contributed by atoms with Crippen molar-refractivity contribution in [3.8, 4) is 5.82 Å². The van der Waals surface area contributed by atoms with Gasteiger partial charge in [-0.3, -0.25) is 0 Å². The molecule has 0 bridgehead atoms. The highest BCUT2D eigenvalue weighted by molar-refractivity contribution is 5.68. The Morgan fingerprint density at radius 2 is 1.64 bits per heavy atom. The third kappa shape index (κ3) is 2.84. The number of anilines is 2. The van der Waals surface area contributed by atoms with Crippen LogP contribution in [0.4, 0.5) is 11.6 Å². The van der Waals surface area contributed by atoms with Crippen molar-refractivity contribution in [2.24, 2.45) is 0 Å². The molecule has 5 heterocycles. The van der Waals surface area contributed by atoms with Crippen LogP contribution in [0.1, 0.15) is 11.4 Å². The largest absolute Gasteiger partial charge is 0.353 e. The summed E-state index contributed by atoms with van der Waals surface area (Å²) in [4.78, 5) is 18.1. The smallest absolute Gasteiger partial charge is 0.159 e. The van der Waals surface area contributed by atoms with Crippen LogP contribution < -0.4 is 9.80 Å². The Hall–Kier alpha value is -3.49. The maximum atomic E-state index is 4.58. The molecule has 0 aromatic carbocycles. The van der Waals surface area contributed by atoms with Gasteiger partial charge in [-0.25, -0.2) is 24.1 Å². The molecule has 1 saturated heterocycles. The van der Waals surface area contributed by atoms with Gasteiger partial charge in [-0.1, -0.05) is 0 Å². The van der Waals surface area contributed by atoms with E-state index in [1.165, 1.54) is 0 Å². The Labute approximate surface area is 162 Å². The third-order valence-corrected chi connectivity index (χ3v) is 5.07. The van der Waals surface area contributed by atoms with Crippen molar-refractivity contribution in [2.45, 2.75) is 13.8 Å². The number of rotatable bonds is 3. The summed E-state index contributed by atoms with van der Waals surface area (Å²) in [6.45, 7) is 7.49. The normalized spacial score (nSPS) is 14.8. The second kappa shape index (κ2) is 6.59. The van der Waals surface area contributed by atoms with Crippen LogP contribution in [-0.2, 0) is 0 Å². The first kappa shape index (κ1) is 16.7. The van der Waals surface area contributed by atoms with Crippen LogP contribution in [0.15, 0.2) is 43.1 Å². The van der Waals surface area contributed by atoms with Gasteiger partial charge in [0.05, 0.1) is 11.9 Å². The number of fused-ring (bicyclic) bond motifs is 1. The maximum absolute atomic E-state index is 4.58. The van der Waals surface area contributed by atoms with Gasteiger partial charge in [-0.15, -0.1) is 0 Å². The van der Waals surface area contributed by atoms with E-state index in [0.29, 0.717) is 0 Å². The minimum absolute atomic E-state index is 0.795. The number of aryl methyl sites for hydroxylation is 2. The van der Waals surface area contributed by atoms with Crippen LogP contribution in [0.25, 0.3) is 11.3 Å². The molecule has 9 heteroatoms. The topological polar surface area (TPSA) is 80.3 Å². The van der Waals surface area contributed by atoms with Crippen molar-refractivity contribution >= 4 is 17.2 Å². The zero-order valence-corrected chi connectivity index (χ0v) is 15.9. The van der Waals surface area contributed by atoms with Gasteiger partial charge in [0, 0.05) is 50.3 Å². The van der Waals surface area contributed by atoms with Gasteiger partial charge < -0.3 is 9.80 Å². The summed E-state index contributed by atoms with van der Waals surface area (Å²) in [6, 6.07) is 6.05. The highest BCUT2D eigenvalue weighted by atomic mass is 15.3. The fourth-order valence-electron chi connectivity index (χ4n) is 3.72. The zero-order chi connectivity index (χ0) is 19.1. The van der Waals surface area contributed by atoms with Crippen molar-refractivity contribution in [3.63, 3.8) is 0 Å². The van der Waals surface area contributed by atoms with Crippen molar-refractivity contribution in [2.75, 3.05) is 36.0 Å². The Morgan fingerprint density at radius 3 is 2.43 bits per heavy atom. The van der Waals surface area contributed by atoms with Gasteiger partial charge in [0.15, 0.2) is 11.6 Å². The Morgan fingerprint density at radius 1 is 0.857 bits per heavy atom. The summed E-state index contributed by atoms with van der Waals surface area (Å²) in [6.07, 6.45) is 7.09. The quantitative estimate of drug-likeness (QED) is 0.539. The highest BCUT2D eigenvalue weighted by Crippen LogP contribution is 2.22. The molecule has 4 aromatic heterocycles. The van der Waals surface area contributed by atoms with Crippen LogP contribution in [0.2, 0.25) is 0 Å². The number of hydrogen-bond acceptors (Lipinski definition) is 7. The van der Waals surface area contributed by atoms with Crippen molar-refractivity contribution in [1.29, 1.82) is 0 Å². The lowest BCUT2D eigenvalue weighted by Gasteiger charge is -2.36. The summed E-state index contributed by atoms with van der Waals surface area (Å²) < 4.78 is 3.72. The molecule has 1 fully saturated rings. The molecule has 1 aliphatic heterocycles. The molecular formula is C19H21N9. The summed E-state index contributed by atoms with van der Waals surface area (Å²) >= 11 is 0. The molecule has 0 N–H and O–H groups in total. The number of hydrogen-bond donors (Lipinski definition) is 0. The van der Waals surface area contributed by atoms with E-state index >= 15 is 0 Å². The first-order valence-electron chi connectivity index (χ1n) is 9.33. The SMILES string of the molecule is Cc1cc(C)n(-c2cc(N3CCN(c4nccn5nccc45)CC3)ncn2)n1. The fraction of sp³-hybridized carbons (Fsp3) is 0.316. The zero-order valence-electron chi connectivity index (χ0n) is 15.9. The van der Waals surface area contributed by atoms with E-state index in [1.807, 2.05) is 47.4 Å². The minimum atomic E-state index is 0.795. The van der Waals surface area contributed by atoms with Crippen LogP contribution >= 0.6 is 0 Å². The molecule has 9 nitrogen and oxygen atoms in total. The second-order valence-electron chi connectivity index (χ2n) is 6.96. The fourth-order valence-corrected chi connectivity index (χ4v) is 3.72. The molecule has 0 atom stereocenters. The lowest BCUT2D eigenvalue weighted by molar-refractivity contribution is 0.640. The third-order valence-electron chi connectivity index (χ3n) is 5.07. The van der Waals surface area contributed by atoms with Gasteiger partial charge in [0.2, 0.25) is 0 Å². The number of aromatic nitrogens is 7. The summed E-state index contributed by atoms with van der Waals surface area (Å²) in [5.41, 5.74) is 3.07. The molecule has 5 rings (SSSR count). The van der Waals surface area contributed by atoms with Crippen LogP contribution in [0.3, 0.4) is 0 Å². The summed E-state index contributed by atoms with van der Waals surface area (Å²) in [7, 11) is 0. The van der Waals surface area contributed by atoms with Gasteiger partial charge in [-0.05, 0) is 26.0 Å². The van der Waals surface area contributed by atoms with E-state index < -0.39 is 0 Å². The standard InChI is InChI=1S/C19H21N9/c1-14-11-15(2)28(24-14)18-12-17(21-13-22-18)25-7-9-26(10-8-25)19-16-3-4-23-27(16)6-5-20-19/h3-6,11-13H,7-10H2,1-2H3. The van der Waals surface area contributed by atoms with Gasteiger partial charge in [0.25, 0.3) is 0 Å². The van der Waals surface area contributed by atoms with Crippen LogP contribution in [-0.4, -0.2) is 60.5 Å². The van der Waals surface area contributed by atoms with Crippen molar-refractivity contribution in [3.05, 3.63) is 54.5 Å². The van der Waals surface area contributed by atoms with Crippen LogP contribution in [0, 0.1) is 13.8 Å². The predicted octanol–water partition coefficient (Wildman–Crippen LogP) is 1.65. The van der Waals surface area contributed by atoms with Crippen molar-refractivity contribution in [1.82, 2.24) is 34.3 Å². The molecular weight excluding hydrogens is 354 g/mol. The number of nitrogens with zero attached hydrogens (tertiary/aromatic N) is 9. The van der Waals surface area contributed by atoms with Gasteiger partial charge >= 0.3 is 0 Å². The molecule has 0 spiro atoms. The van der Waals surface area contributed by atoms with E-state index in [0.717, 1.165) is 60.5 Å². The lowest BCUT2D eigenvalue weighted by Crippen LogP contribution is -2.47. The Kier molecular flexibility index (Phi) is 3.92. The molecule has 0 saturated carbocycles. The molecule has 0 aliphatic carbocycles. The average molecular weight is 375 g/mol. The molecule has 4 aromatic rings. The average Bonchev–Trinajstić information content (AvgIpc) is 3.34. The lowest BCUT2D eigenvalue weighted by atomic mass is 10.3. The Balaban J connectivity index is 1.35. The van der Waals surface area contributed by atoms with E-state index in [4.69, 9.17) is 0 Å². The molecule has 0 radical (unpaired) electrons. The van der Waals surface area contributed by atoms with Crippen LogP contribution in [0.5, 0.6) is 0 Å². The minimum Gasteiger partial charge on any atom is -0.353 e. The van der Waals surface area contributed by atoms with E-state index in [-0.39, 0.29) is 0 Å². The summed E-state index contributed by atoms with van der Waals surface area (Å²) in [5.74, 6) is 2.70. The van der Waals surface area contributed by atoms with E-state index in [9.17, 15) is 0 Å². The molecule has 0 amide bonds. The monoisotopic (exact) mass is 375 g/mol. The van der Waals surface area contributed by atoms with E-state index in [2.05, 4.69) is 34.9 Å². The first-order valence-corrected chi connectivity index (χ1v) is 9.33. The Bertz CT molecular complexity index is 1120. The maximum Gasteiger partial charge on any atom is 0.159 e. The van der Waals surface area contributed by atoms with Gasteiger partial charge in [-0.2, -0.15) is 10.2 Å². The molecule has 28 heavy (non-hydrogen) atoms. The van der Waals surface area contributed by atoms with E-state index in [1.54, 1.807) is 18.7 Å². The summed E-state index contributed by atoms with van der Waals surface area (Å²) in [5, 5.41) is 8.82. The van der Waals surface area contributed by atoms with Crippen molar-refractivity contribution < 1.29 is 0 Å².